The van der Waals surface area contributed by atoms with Gasteiger partial charge in [0.15, 0.2) is 0 Å². The molecule has 0 spiro atoms. The summed E-state index contributed by atoms with van der Waals surface area (Å²) in [4.78, 5) is 0. The Labute approximate surface area is 133 Å². The zero-order valence-corrected chi connectivity index (χ0v) is 15.3. The van der Waals surface area contributed by atoms with Gasteiger partial charge in [-0.1, -0.05) is 31.9 Å². The first kappa shape index (κ1) is 17.4. The Morgan fingerprint density at radius 1 is 1.47 bits per heavy atom. The third-order valence-electron chi connectivity index (χ3n) is 3.00. The quantitative estimate of drug-likeness (QED) is 0.675. The van der Waals surface area contributed by atoms with Crippen molar-refractivity contribution in [2.24, 2.45) is 0 Å². The predicted molar refractivity (Wildman–Crippen MR) is 85.6 cm³/mol. The van der Waals surface area contributed by atoms with E-state index in [1.165, 1.54) is 17.4 Å². The number of rotatable bonds is 7. The highest BCUT2D eigenvalue weighted by molar-refractivity contribution is 9.11. The van der Waals surface area contributed by atoms with Crippen molar-refractivity contribution in [3.63, 3.8) is 0 Å². The maximum atomic E-state index is 12.7. The van der Waals surface area contributed by atoms with Gasteiger partial charge in [-0.15, -0.1) is 11.3 Å². The molecule has 0 amide bonds. The van der Waals surface area contributed by atoms with E-state index in [-0.39, 0.29) is 6.04 Å². The molecule has 1 aromatic heterocycles. The lowest BCUT2D eigenvalue weighted by molar-refractivity contribution is 0.325. The van der Waals surface area contributed by atoms with Crippen molar-refractivity contribution in [2.75, 3.05) is 6.54 Å². The van der Waals surface area contributed by atoms with Crippen molar-refractivity contribution in [3.8, 4) is 0 Å². The molecule has 19 heavy (non-hydrogen) atoms. The molecule has 1 unspecified atom stereocenters. The highest BCUT2D eigenvalue weighted by Crippen LogP contribution is 2.36. The molecule has 1 rings (SSSR count). The SMILES string of the molecule is CCCCN(C(C)CC)S(=O)(=O)c1cc(Cl)c(Br)s1. The van der Waals surface area contributed by atoms with Crippen LogP contribution in [-0.4, -0.2) is 25.3 Å². The van der Waals surface area contributed by atoms with Gasteiger partial charge in [-0.2, -0.15) is 4.31 Å². The van der Waals surface area contributed by atoms with Crippen molar-refractivity contribution in [3.05, 3.63) is 14.9 Å². The summed E-state index contributed by atoms with van der Waals surface area (Å²) in [6.45, 7) is 6.55. The second-order valence-electron chi connectivity index (χ2n) is 4.41. The predicted octanol–water partition coefficient (Wildman–Crippen LogP) is 4.75. The van der Waals surface area contributed by atoms with Gasteiger partial charge in [-0.3, -0.25) is 0 Å². The molecule has 1 aromatic rings. The minimum atomic E-state index is -3.45. The van der Waals surface area contributed by atoms with Crippen LogP contribution in [0.5, 0.6) is 0 Å². The van der Waals surface area contributed by atoms with Crippen LogP contribution in [0.15, 0.2) is 14.1 Å². The van der Waals surface area contributed by atoms with Gasteiger partial charge in [0.25, 0.3) is 10.0 Å². The molecule has 3 nitrogen and oxygen atoms in total. The van der Waals surface area contributed by atoms with Crippen LogP contribution in [-0.2, 0) is 10.0 Å². The van der Waals surface area contributed by atoms with Crippen molar-refractivity contribution >= 4 is 48.9 Å². The zero-order valence-electron chi connectivity index (χ0n) is 11.3. The first-order valence-electron chi connectivity index (χ1n) is 6.31. The molecule has 1 atom stereocenters. The third-order valence-corrected chi connectivity index (χ3v) is 7.94. The number of hydrogen-bond donors (Lipinski definition) is 0. The summed E-state index contributed by atoms with van der Waals surface area (Å²) >= 11 is 10.4. The minimum Gasteiger partial charge on any atom is -0.206 e. The van der Waals surface area contributed by atoms with Crippen LogP contribution in [0.25, 0.3) is 0 Å². The van der Waals surface area contributed by atoms with E-state index < -0.39 is 10.0 Å². The van der Waals surface area contributed by atoms with E-state index in [1.807, 2.05) is 13.8 Å². The highest BCUT2D eigenvalue weighted by atomic mass is 79.9. The van der Waals surface area contributed by atoms with E-state index in [9.17, 15) is 8.42 Å². The second kappa shape index (κ2) is 7.41. The molecule has 0 saturated heterocycles. The van der Waals surface area contributed by atoms with Crippen molar-refractivity contribution in [1.29, 1.82) is 0 Å². The highest BCUT2D eigenvalue weighted by Gasteiger charge is 2.29. The fraction of sp³-hybridized carbons (Fsp3) is 0.667. The van der Waals surface area contributed by atoms with Crippen LogP contribution in [0.3, 0.4) is 0 Å². The van der Waals surface area contributed by atoms with Gasteiger partial charge in [-0.05, 0) is 41.8 Å². The lowest BCUT2D eigenvalue weighted by Gasteiger charge is -2.26. The van der Waals surface area contributed by atoms with E-state index >= 15 is 0 Å². The largest absolute Gasteiger partial charge is 0.252 e. The molecule has 1 heterocycles. The van der Waals surface area contributed by atoms with Gasteiger partial charge < -0.3 is 0 Å². The van der Waals surface area contributed by atoms with Gasteiger partial charge in [0.1, 0.15) is 4.21 Å². The summed E-state index contributed by atoms with van der Waals surface area (Å²) in [6, 6.07) is 1.52. The molecule has 0 aliphatic carbocycles. The molecule has 0 aliphatic rings. The second-order valence-corrected chi connectivity index (χ2v) is 9.31. The summed E-state index contributed by atoms with van der Waals surface area (Å²) in [5.41, 5.74) is 0. The first-order valence-corrected chi connectivity index (χ1v) is 9.74. The Morgan fingerprint density at radius 2 is 2.11 bits per heavy atom. The molecule has 0 aromatic carbocycles. The van der Waals surface area contributed by atoms with Crippen LogP contribution < -0.4 is 0 Å². The van der Waals surface area contributed by atoms with E-state index in [4.69, 9.17) is 11.6 Å². The summed E-state index contributed by atoms with van der Waals surface area (Å²) in [5, 5.41) is 0.447. The van der Waals surface area contributed by atoms with Gasteiger partial charge in [-0.25, -0.2) is 8.42 Å². The first-order chi connectivity index (χ1) is 8.84. The van der Waals surface area contributed by atoms with Gasteiger partial charge in [0.2, 0.25) is 0 Å². The summed E-state index contributed by atoms with van der Waals surface area (Å²) in [6.07, 6.45) is 2.63. The van der Waals surface area contributed by atoms with Gasteiger partial charge in [0.05, 0.1) is 8.81 Å². The molecule has 0 fully saturated rings. The fourth-order valence-corrected chi connectivity index (χ4v) is 5.94. The number of unbranched alkanes of at least 4 members (excludes halogenated alkanes) is 1. The van der Waals surface area contributed by atoms with E-state index in [0.29, 0.717) is 19.6 Å². The van der Waals surface area contributed by atoms with E-state index in [0.717, 1.165) is 19.3 Å². The Kier molecular flexibility index (Phi) is 6.79. The molecular formula is C12H19BrClNO2S2. The normalized spacial score (nSPS) is 14.0. The summed E-state index contributed by atoms with van der Waals surface area (Å²) in [5.74, 6) is 0. The molecular weight excluding hydrogens is 370 g/mol. The summed E-state index contributed by atoms with van der Waals surface area (Å²) < 4.78 is 27.9. The Bertz CT molecular complexity index is 496. The van der Waals surface area contributed by atoms with E-state index in [1.54, 1.807) is 4.31 Å². The third kappa shape index (κ3) is 4.17. The Balaban J connectivity index is 3.11. The lowest BCUT2D eigenvalue weighted by Crippen LogP contribution is -2.38. The van der Waals surface area contributed by atoms with Crippen molar-refractivity contribution in [2.45, 2.75) is 50.3 Å². The number of nitrogens with zero attached hydrogens (tertiary/aromatic N) is 1. The fourth-order valence-electron chi connectivity index (χ4n) is 1.66. The van der Waals surface area contributed by atoms with Crippen LogP contribution in [0, 0.1) is 0 Å². The molecule has 110 valence electrons. The minimum absolute atomic E-state index is 0.00352. The number of hydrogen-bond acceptors (Lipinski definition) is 3. The average Bonchev–Trinajstić information content (AvgIpc) is 2.70. The molecule has 0 radical (unpaired) electrons. The molecule has 0 bridgehead atoms. The standard InChI is InChI=1S/C12H19BrClNO2S2/c1-4-6-7-15(9(3)5-2)19(16,17)11-8-10(14)12(13)18-11/h8-9H,4-7H2,1-3H3. The Morgan fingerprint density at radius 3 is 2.53 bits per heavy atom. The average molecular weight is 389 g/mol. The smallest absolute Gasteiger partial charge is 0.206 e. The maximum Gasteiger partial charge on any atom is 0.252 e. The Hall–Kier alpha value is 0.380. The molecule has 0 aliphatic heterocycles. The van der Waals surface area contributed by atoms with Gasteiger partial charge in [0, 0.05) is 12.6 Å². The number of halogens is 2. The monoisotopic (exact) mass is 387 g/mol. The maximum absolute atomic E-state index is 12.7. The lowest BCUT2D eigenvalue weighted by atomic mass is 10.2. The van der Waals surface area contributed by atoms with Crippen LogP contribution in [0.2, 0.25) is 5.02 Å². The van der Waals surface area contributed by atoms with Crippen molar-refractivity contribution in [1.82, 2.24) is 4.31 Å². The molecule has 7 heteroatoms. The van der Waals surface area contributed by atoms with Crippen LogP contribution >= 0.6 is 38.9 Å². The van der Waals surface area contributed by atoms with E-state index in [2.05, 4.69) is 22.9 Å². The zero-order chi connectivity index (χ0) is 14.6. The number of thiophene rings is 1. The van der Waals surface area contributed by atoms with Crippen molar-refractivity contribution < 1.29 is 8.42 Å². The summed E-state index contributed by atoms with van der Waals surface area (Å²) in [7, 11) is -3.45. The van der Waals surface area contributed by atoms with Crippen LogP contribution in [0.4, 0.5) is 0 Å². The number of sulfonamides is 1. The topological polar surface area (TPSA) is 37.4 Å². The van der Waals surface area contributed by atoms with Gasteiger partial charge >= 0.3 is 0 Å². The van der Waals surface area contributed by atoms with Crippen LogP contribution in [0.1, 0.15) is 40.0 Å². The molecule has 0 N–H and O–H groups in total. The molecule has 0 saturated carbocycles.